The fourth-order valence-electron chi connectivity index (χ4n) is 5.59. The van der Waals surface area contributed by atoms with Gasteiger partial charge in [-0.25, -0.2) is 4.79 Å². The molecule has 0 saturated carbocycles. The highest BCUT2D eigenvalue weighted by atomic mass is 16.8. The van der Waals surface area contributed by atoms with Crippen molar-refractivity contribution in [2.75, 3.05) is 20.8 Å². The van der Waals surface area contributed by atoms with Crippen LogP contribution in [-0.4, -0.2) is 87.0 Å². The Hall–Kier alpha value is -3.55. The van der Waals surface area contributed by atoms with Crippen molar-refractivity contribution < 1.29 is 52.3 Å². The average Bonchev–Trinajstić information content (AvgIpc) is 3.34. The summed E-state index contributed by atoms with van der Waals surface area (Å²) in [5, 5.41) is 2.66. The number of para-hydroxylation sites is 1. The van der Waals surface area contributed by atoms with E-state index in [4.69, 9.17) is 33.2 Å². The molecule has 0 aliphatic carbocycles. The largest absolute Gasteiger partial charge is 0.469 e. The van der Waals surface area contributed by atoms with Gasteiger partial charge in [0.25, 0.3) is 5.91 Å². The lowest BCUT2D eigenvalue weighted by Crippen LogP contribution is -2.64. The number of rotatable bonds is 9. The van der Waals surface area contributed by atoms with Crippen LogP contribution in [0.2, 0.25) is 0 Å². The molecular weight excluding hydrogens is 574 g/mol. The SMILES string of the molecule is COC(=O)CC[C@H](NC(=O)c1cccc(-c2ccccc2O[C@H]2O[C@@H]3COC(C)(C)O[C@H]3[C@@H]3OC(C)(C)O[C@H]23)c1)C(=O)OC. The van der Waals surface area contributed by atoms with Crippen molar-refractivity contribution in [2.24, 2.45) is 0 Å². The van der Waals surface area contributed by atoms with E-state index >= 15 is 0 Å². The van der Waals surface area contributed by atoms with Gasteiger partial charge in [-0.15, -0.1) is 0 Å². The molecule has 0 aromatic heterocycles. The number of benzene rings is 2. The second-order valence-electron chi connectivity index (χ2n) is 11.8. The molecule has 2 aromatic rings. The van der Waals surface area contributed by atoms with Gasteiger partial charge in [0.15, 0.2) is 17.7 Å². The predicted molar refractivity (Wildman–Crippen MR) is 154 cm³/mol. The van der Waals surface area contributed by atoms with E-state index in [9.17, 15) is 14.4 Å². The quantitative estimate of drug-likeness (QED) is 0.417. The van der Waals surface area contributed by atoms with E-state index in [1.165, 1.54) is 14.2 Å². The van der Waals surface area contributed by atoms with Gasteiger partial charge in [-0.05, 0) is 57.9 Å². The third-order valence-electron chi connectivity index (χ3n) is 7.67. The van der Waals surface area contributed by atoms with E-state index in [1.54, 1.807) is 18.2 Å². The Morgan fingerprint density at radius 2 is 1.64 bits per heavy atom. The molecule has 44 heavy (non-hydrogen) atoms. The number of methoxy groups -OCH3 is 2. The molecule has 12 heteroatoms. The van der Waals surface area contributed by atoms with Gasteiger partial charge in [0, 0.05) is 17.5 Å². The van der Waals surface area contributed by atoms with Crippen molar-refractivity contribution in [1.29, 1.82) is 0 Å². The highest BCUT2D eigenvalue weighted by molar-refractivity contribution is 5.98. The number of amides is 1. The van der Waals surface area contributed by atoms with Crippen LogP contribution in [0.25, 0.3) is 11.1 Å². The molecule has 3 saturated heterocycles. The molecule has 6 atom stereocenters. The van der Waals surface area contributed by atoms with Crippen LogP contribution in [0.1, 0.15) is 50.9 Å². The van der Waals surface area contributed by atoms with E-state index in [0.29, 0.717) is 29.0 Å². The van der Waals surface area contributed by atoms with Crippen molar-refractivity contribution in [3.63, 3.8) is 0 Å². The zero-order valence-corrected chi connectivity index (χ0v) is 25.7. The smallest absolute Gasteiger partial charge is 0.328 e. The van der Waals surface area contributed by atoms with Gasteiger partial charge in [0.1, 0.15) is 30.1 Å². The van der Waals surface area contributed by atoms with Crippen molar-refractivity contribution >= 4 is 17.8 Å². The van der Waals surface area contributed by atoms with Crippen molar-refractivity contribution in [1.82, 2.24) is 5.32 Å². The lowest BCUT2D eigenvalue weighted by molar-refractivity contribution is -0.362. The topological polar surface area (TPSA) is 137 Å². The van der Waals surface area contributed by atoms with Crippen LogP contribution in [-0.2, 0) is 42.7 Å². The van der Waals surface area contributed by atoms with E-state index in [2.05, 4.69) is 10.1 Å². The Morgan fingerprint density at radius 1 is 0.909 bits per heavy atom. The molecule has 3 fully saturated rings. The summed E-state index contributed by atoms with van der Waals surface area (Å²) in [6.07, 6.45) is -2.73. The summed E-state index contributed by atoms with van der Waals surface area (Å²) in [5.41, 5.74) is 1.70. The Balaban J connectivity index is 1.36. The van der Waals surface area contributed by atoms with Gasteiger partial charge in [-0.2, -0.15) is 0 Å². The standard InChI is InChI=1S/C32H39NO11/c1-31(2)39-17-23-25(42-31)26-27(44-32(3,4)43-26)30(41-23)40-22-13-8-7-12-20(22)18-10-9-11-19(16-18)28(35)33-21(29(36)38-6)14-15-24(34)37-5/h7-13,16,21,23,25-27,30H,14-15,17H2,1-6H3,(H,33,35)/t21-,23+,25+,26-,27-,30-/m0/s1. The molecule has 12 nitrogen and oxygen atoms in total. The molecule has 5 rings (SSSR count). The number of hydrogen-bond acceptors (Lipinski definition) is 11. The van der Waals surface area contributed by atoms with Crippen LogP contribution in [0.4, 0.5) is 0 Å². The van der Waals surface area contributed by atoms with Gasteiger partial charge in [-0.3, -0.25) is 9.59 Å². The zero-order valence-electron chi connectivity index (χ0n) is 25.7. The van der Waals surface area contributed by atoms with Crippen molar-refractivity contribution in [3.8, 4) is 16.9 Å². The van der Waals surface area contributed by atoms with Gasteiger partial charge in [0.2, 0.25) is 6.29 Å². The lowest BCUT2D eigenvalue weighted by atomic mass is 9.97. The molecule has 2 aromatic carbocycles. The summed E-state index contributed by atoms with van der Waals surface area (Å²) >= 11 is 0. The van der Waals surface area contributed by atoms with Crippen LogP contribution < -0.4 is 10.1 Å². The molecule has 0 unspecified atom stereocenters. The summed E-state index contributed by atoms with van der Waals surface area (Å²) < 4.78 is 46.9. The predicted octanol–water partition coefficient (Wildman–Crippen LogP) is 3.35. The maximum atomic E-state index is 13.2. The summed E-state index contributed by atoms with van der Waals surface area (Å²) in [6, 6.07) is 13.2. The monoisotopic (exact) mass is 613 g/mol. The highest BCUT2D eigenvalue weighted by Gasteiger charge is 2.59. The van der Waals surface area contributed by atoms with Crippen molar-refractivity contribution in [3.05, 3.63) is 54.1 Å². The minimum atomic E-state index is -1.03. The van der Waals surface area contributed by atoms with Gasteiger partial charge in [0.05, 0.1) is 20.8 Å². The first-order valence-corrected chi connectivity index (χ1v) is 14.5. The number of ether oxygens (including phenoxy) is 8. The van der Waals surface area contributed by atoms with Crippen LogP contribution >= 0.6 is 0 Å². The van der Waals surface area contributed by atoms with E-state index in [0.717, 1.165) is 0 Å². The molecule has 1 amide bonds. The van der Waals surface area contributed by atoms with Crippen LogP contribution in [0, 0.1) is 0 Å². The Kier molecular flexibility index (Phi) is 9.28. The number of carbonyl (C=O) groups excluding carboxylic acids is 3. The molecule has 238 valence electrons. The summed E-state index contributed by atoms with van der Waals surface area (Å²) in [4.78, 5) is 37.1. The first-order chi connectivity index (χ1) is 20.9. The lowest BCUT2D eigenvalue weighted by Gasteiger charge is -2.48. The van der Waals surface area contributed by atoms with Crippen LogP contribution in [0.15, 0.2) is 48.5 Å². The number of esters is 2. The molecule has 3 aliphatic rings. The minimum absolute atomic E-state index is 0.0308. The second-order valence-corrected chi connectivity index (χ2v) is 11.8. The zero-order chi connectivity index (χ0) is 31.6. The first kappa shape index (κ1) is 31.9. The number of nitrogens with one attached hydrogen (secondary N) is 1. The number of hydrogen-bond donors (Lipinski definition) is 1. The Bertz CT molecular complexity index is 1380. The molecule has 3 aliphatic heterocycles. The number of fused-ring (bicyclic) bond motifs is 3. The third kappa shape index (κ3) is 7.05. The van der Waals surface area contributed by atoms with Crippen molar-refractivity contribution in [2.45, 2.75) is 88.9 Å². The highest BCUT2D eigenvalue weighted by Crippen LogP contribution is 2.43. The fourth-order valence-corrected chi connectivity index (χ4v) is 5.59. The third-order valence-corrected chi connectivity index (χ3v) is 7.67. The van der Waals surface area contributed by atoms with E-state index in [-0.39, 0.29) is 12.8 Å². The van der Waals surface area contributed by atoms with Gasteiger partial charge < -0.3 is 43.2 Å². The first-order valence-electron chi connectivity index (χ1n) is 14.5. The summed E-state index contributed by atoms with van der Waals surface area (Å²) in [6.45, 7) is 7.68. The van der Waals surface area contributed by atoms with Crippen LogP contribution in [0.5, 0.6) is 5.75 Å². The van der Waals surface area contributed by atoms with Crippen LogP contribution in [0.3, 0.4) is 0 Å². The molecule has 0 radical (unpaired) electrons. The molecule has 3 heterocycles. The number of carbonyl (C=O) groups is 3. The van der Waals surface area contributed by atoms with Gasteiger partial charge >= 0.3 is 11.9 Å². The van der Waals surface area contributed by atoms with E-state index < -0.39 is 66.2 Å². The molecule has 0 spiro atoms. The molecular formula is C32H39NO11. The average molecular weight is 614 g/mol. The minimum Gasteiger partial charge on any atom is -0.469 e. The molecule has 0 bridgehead atoms. The Labute approximate surface area is 256 Å². The fraction of sp³-hybridized carbons (Fsp3) is 0.531. The maximum Gasteiger partial charge on any atom is 0.328 e. The molecule has 1 N–H and O–H groups in total. The normalized spacial score (nSPS) is 27.3. The Morgan fingerprint density at radius 3 is 2.39 bits per heavy atom. The maximum absolute atomic E-state index is 13.2. The summed E-state index contributed by atoms with van der Waals surface area (Å²) in [5.74, 6) is -2.83. The summed E-state index contributed by atoms with van der Waals surface area (Å²) in [7, 11) is 2.47. The van der Waals surface area contributed by atoms with Gasteiger partial charge in [-0.1, -0.05) is 30.3 Å². The van der Waals surface area contributed by atoms with E-state index in [1.807, 2.05) is 58.0 Å². The second kappa shape index (κ2) is 12.8.